The van der Waals surface area contributed by atoms with Gasteiger partial charge < -0.3 is 9.47 Å². The third-order valence-electron chi connectivity index (χ3n) is 2.55. The van der Waals surface area contributed by atoms with Crippen LogP contribution in [0.25, 0.3) is 0 Å². The molecule has 0 amide bonds. The van der Waals surface area contributed by atoms with Crippen molar-refractivity contribution in [3.8, 4) is 5.75 Å². The van der Waals surface area contributed by atoms with Crippen molar-refractivity contribution in [3.05, 3.63) is 33.3 Å². The Morgan fingerprint density at radius 2 is 2.14 bits per heavy atom. The summed E-state index contributed by atoms with van der Waals surface area (Å²) >= 11 is 5.78. The number of methoxy groups -OCH3 is 1. The van der Waals surface area contributed by atoms with Gasteiger partial charge in [-0.05, 0) is 6.07 Å². The second-order valence-electron chi connectivity index (χ2n) is 4.58. The molecule has 0 heterocycles. The summed E-state index contributed by atoms with van der Waals surface area (Å²) in [5.41, 5.74) is -0.200. The zero-order valence-electron chi connectivity index (χ0n) is 12.0. The van der Waals surface area contributed by atoms with E-state index in [1.807, 2.05) is 13.8 Å². The number of hydrogen-bond acceptors (Lipinski definition) is 6. The molecule has 0 aromatic heterocycles. The van der Waals surface area contributed by atoms with Gasteiger partial charge in [0.1, 0.15) is 23.4 Å². The highest BCUT2D eigenvalue weighted by molar-refractivity contribution is 6.32. The number of rotatable bonds is 7. The first-order chi connectivity index (χ1) is 9.85. The minimum absolute atomic E-state index is 0.0241. The molecule has 1 aromatic rings. The molecule has 0 bridgehead atoms. The maximum Gasteiger partial charge on any atom is 0.326 e. The maximum atomic E-state index is 11.6. The van der Waals surface area contributed by atoms with E-state index in [-0.39, 0.29) is 23.4 Å². The van der Waals surface area contributed by atoms with Crippen LogP contribution in [0, 0.1) is 10.1 Å². The number of benzene rings is 1. The molecule has 0 aliphatic heterocycles. The minimum atomic E-state index is -0.635. The predicted molar refractivity (Wildman–Crippen MR) is 77.7 cm³/mol. The van der Waals surface area contributed by atoms with Crippen molar-refractivity contribution in [2.75, 3.05) is 13.7 Å². The molecule has 0 saturated heterocycles. The van der Waals surface area contributed by atoms with Gasteiger partial charge in [-0.1, -0.05) is 25.4 Å². The molecular formula is C13H17ClN2O5. The number of nitrogens with one attached hydrogen (secondary N) is 1. The topological polar surface area (TPSA) is 90.7 Å². The normalized spacial score (nSPS) is 12.0. The molecule has 0 fully saturated rings. The number of carbonyl (C=O) groups excluding carboxylic acids is 1. The molecule has 1 aromatic carbocycles. The fourth-order valence-electron chi connectivity index (χ4n) is 1.63. The van der Waals surface area contributed by atoms with Crippen LogP contribution in [0.3, 0.4) is 0 Å². The average Bonchev–Trinajstić information content (AvgIpc) is 2.41. The number of halogens is 1. The van der Waals surface area contributed by atoms with Crippen LogP contribution >= 0.6 is 11.6 Å². The van der Waals surface area contributed by atoms with Crippen LogP contribution < -0.4 is 10.1 Å². The number of nitro groups is 1. The van der Waals surface area contributed by atoms with E-state index in [9.17, 15) is 14.9 Å². The number of hydrogen-bond donors (Lipinski definition) is 1. The van der Waals surface area contributed by atoms with Crippen LogP contribution in [-0.2, 0) is 9.53 Å². The highest BCUT2D eigenvalue weighted by atomic mass is 35.5. The van der Waals surface area contributed by atoms with Crippen LogP contribution in [-0.4, -0.2) is 36.7 Å². The van der Waals surface area contributed by atoms with Crippen molar-refractivity contribution in [3.63, 3.8) is 0 Å². The van der Waals surface area contributed by atoms with E-state index in [4.69, 9.17) is 16.3 Å². The highest BCUT2D eigenvalue weighted by Gasteiger charge is 2.21. The van der Waals surface area contributed by atoms with E-state index >= 15 is 0 Å². The number of esters is 1. The molecule has 1 atom stereocenters. The Morgan fingerprint density at radius 1 is 1.48 bits per heavy atom. The number of carbonyl (C=O) groups is 1. The van der Waals surface area contributed by atoms with Crippen molar-refractivity contribution in [2.24, 2.45) is 0 Å². The Labute approximate surface area is 127 Å². The van der Waals surface area contributed by atoms with Crippen LogP contribution in [0.4, 0.5) is 5.69 Å². The molecule has 0 radical (unpaired) electrons. The van der Waals surface area contributed by atoms with Crippen molar-refractivity contribution in [1.82, 2.24) is 5.32 Å². The standard InChI is InChI=1S/C13H17ClN2O5/c1-8(2)15-11(13(17)20-3)7-21-9-4-5-12(16(18)19)10(14)6-9/h4-6,8,11,15H,7H2,1-3H3. The zero-order valence-corrected chi connectivity index (χ0v) is 12.7. The van der Waals surface area contributed by atoms with Crippen LogP contribution in [0.5, 0.6) is 5.75 Å². The first-order valence-corrected chi connectivity index (χ1v) is 6.63. The van der Waals surface area contributed by atoms with E-state index < -0.39 is 16.9 Å². The Morgan fingerprint density at radius 3 is 2.62 bits per heavy atom. The first kappa shape index (κ1) is 17.2. The van der Waals surface area contributed by atoms with Crippen LogP contribution in [0.15, 0.2) is 18.2 Å². The summed E-state index contributed by atoms with van der Waals surface area (Å²) in [6.07, 6.45) is 0. The van der Waals surface area contributed by atoms with E-state index in [2.05, 4.69) is 10.1 Å². The average molecular weight is 317 g/mol. The first-order valence-electron chi connectivity index (χ1n) is 6.25. The number of ether oxygens (including phenoxy) is 2. The second kappa shape index (κ2) is 7.80. The lowest BCUT2D eigenvalue weighted by atomic mass is 10.2. The molecular weight excluding hydrogens is 300 g/mol. The minimum Gasteiger partial charge on any atom is -0.491 e. The maximum absolute atomic E-state index is 11.6. The van der Waals surface area contributed by atoms with Crippen LogP contribution in [0.1, 0.15) is 13.8 Å². The lowest BCUT2D eigenvalue weighted by Crippen LogP contribution is -2.45. The monoisotopic (exact) mass is 316 g/mol. The van der Waals surface area contributed by atoms with Gasteiger partial charge in [0.05, 0.1) is 12.0 Å². The van der Waals surface area contributed by atoms with E-state index in [1.165, 1.54) is 25.3 Å². The van der Waals surface area contributed by atoms with E-state index in [0.717, 1.165) is 0 Å². The quantitative estimate of drug-likeness (QED) is 0.471. The zero-order chi connectivity index (χ0) is 16.0. The van der Waals surface area contributed by atoms with Gasteiger partial charge in [0.15, 0.2) is 0 Å². The molecule has 8 heteroatoms. The van der Waals surface area contributed by atoms with Gasteiger partial charge in [0, 0.05) is 18.2 Å². The molecule has 0 aliphatic rings. The summed E-state index contributed by atoms with van der Waals surface area (Å²) in [5, 5.41) is 13.6. The molecule has 0 aliphatic carbocycles. The van der Waals surface area contributed by atoms with Crippen molar-refractivity contribution >= 4 is 23.3 Å². The second-order valence-corrected chi connectivity index (χ2v) is 4.99. The fourth-order valence-corrected chi connectivity index (χ4v) is 1.87. The number of nitro benzene ring substituents is 1. The number of nitrogens with zero attached hydrogens (tertiary/aromatic N) is 1. The third-order valence-corrected chi connectivity index (χ3v) is 2.86. The Hall–Kier alpha value is -1.86. The molecule has 7 nitrogen and oxygen atoms in total. The SMILES string of the molecule is COC(=O)C(COc1ccc([N+](=O)[O-])c(Cl)c1)NC(C)C. The van der Waals surface area contributed by atoms with Gasteiger partial charge in [-0.15, -0.1) is 0 Å². The lowest BCUT2D eigenvalue weighted by molar-refractivity contribution is -0.384. The Bertz CT molecular complexity index is 521. The van der Waals surface area contributed by atoms with Gasteiger partial charge in [-0.3, -0.25) is 20.2 Å². The molecule has 1 rings (SSSR count). The van der Waals surface area contributed by atoms with Crippen molar-refractivity contribution in [1.29, 1.82) is 0 Å². The van der Waals surface area contributed by atoms with Gasteiger partial charge in [0.2, 0.25) is 0 Å². The predicted octanol–water partition coefficient (Wildman–Crippen LogP) is 2.17. The molecule has 0 saturated carbocycles. The third kappa shape index (κ3) is 5.20. The highest BCUT2D eigenvalue weighted by Crippen LogP contribution is 2.28. The summed E-state index contributed by atoms with van der Waals surface area (Å²) in [4.78, 5) is 21.7. The molecule has 0 spiro atoms. The van der Waals surface area contributed by atoms with E-state index in [1.54, 1.807) is 0 Å². The summed E-state index contributed by atoms with van der Waals surface area (Å²) < 4.78 is 10.1. The fraction of sp³-hybridized carbons (Fsp3) is 0.462. The molecule has 1 N–H and O–H groups in total. The summed E-state index contributed by atoms with van der Waals surface area (Å²) in [7, 11) is 1.29. The Kier molecular flexibility index (Phi) is 6.39. The van der Waals surface area contributed by atoms with Crippen molar-refractivity contribution < 1.29 is 19.2 Å². The summed E-state index contributed by atoms with van der Waals surface area (Å²) in [6.45, 7) is 3.80. The molecule has 116 valence electrons. The van der Waals surface area contributed by atoms with Gasteiger partial charge in [0.25, 0.3) is 5.69 Å². The van der Waals surface area contributed by atoms with Gasteiger partial charge >= 0.3 is 5.97 Å². The lowest BCUT2D eigenvalue weighted by Gasteiger charge is -2.19. The molecule has 1 unspecified atom stereocenters. The van der Waals surface area contributed by atoms with E-state index in [0.29, 0.717) is 5.75 Å². The van der Waals surface area contributed by atoms with Gasteiger partial charge in [-0.25, -0.2) is 0 Å². The van der Waals surface area contributed by atoms with Crippen molar-refractivity contribution in [2.45, 2.75) is 25.9 Å². The van der Waals surface area contributed by atoms with Crippen LogP contribution in [0.2, 0.25) is 5.02 Å². The largest absolute Gasteiger partial charge is 0.491 e. The summed E-state index contributed by atoms with van der Waals surface area (Å²) in [6, 6.07) is 3.44. The van der Waals surface area contributed by atoms with Gasteiger partial charge in [-0.2, -0.15) is 0 Å². The Balaban J connectivity index is 2.73. The molecule has 21 heavy (non-hydrogen) atoms. The smallest absolute Gasteiger partial charge is 0.326 e. The summed E-state index contributed by atoms with van der Waals surface area (Å²) in [5.74, 6) is -0.109.